The van der Waals surface area contributed by atoms with Crippen molar-refractivity contribution in [1.82, 2.24) is 0 Å². The van der Waals surface area contributed by atoms with Crippen LogP contribution in [0.5, 0.6) is 0 Å². The summed E-state index contributed by atoms with van der Waals surface area (Å²) in [5.74, 6) is 3.28. The van der Waals surface area contributed by atoms with Crippen LogP contribution in [-0.2, 0) is 14.2 Å². The van der Waals surface area contributed by atoms with Gasteiger partial charge in [0.2, 0.25) is 0 Å². The summed E-state index contributed by atoms with van der Waals surface area (Å²) in [5.41, 5.74) is 0. The minimum atomic E-state index is 0.179. The molecule has 18 heavy (non-hydrogen) atoms. The van der Waals surface area contributed by atoms with Crippen molar-refractivity contribution in [2.75, 3.05) is 31.3 Å². The Morgan fingerprint density at radius 3 is 2.33 bits per heavy atom. The molecule has 0 aromatic carbocycles. The van der Waals surface area contributed by atoms with E-state index in [-0.39, 0.29) is 12.2 Å². The summed E-state index contributed by atoms with van der Waals surface area (Å²) in [4.78, 5) is 0. The highest BCUT2D eigenvalue weighted by atomic mass is 32.2. The molecular formula is C14H24O3S. The fraction of sp³-hybridized carbons (Fsp3) is 1.00. The first-order chi connectivity index (χ1) is 8.93. The number of hydrogen-bond donors (Lipinski definition) is 0. The highest BCUT2D eigenvalue weighted by Crippen LogP contribution is 2.30. The normalized spacial score (nSPS) is 42.7. The molecule has 0 radical (unpaired) electrons. The zero-order valence-electron chi connectivity index (χ0n) is 11.0. The number of ether oxygens (including phenoxy) is 3. The monoisotopic (exact) mass is 272 g/mol. The van der Waals surface area contributed by atoms with Crippen molar-refractivity contribution < 1.29 is 14.2 Å². The second-order valence-corrected chi connectivity index (χ2v) is 6.78. The molecule has 0 spiro atoms. The maximum absolute atomic E-state index is 6.06. The molecule has 3 heterocycles. The molecular weight excluding hydrogens is 248 g/mol. The lowest BCUT2D eigenvalue weighted by atomic mass is 9.97. The highest BCUT2D eigenvalue weighted by molar-refractivity contribution is 7.99. The molecule has 4 atom stereocenters. The average Bonchev–Trinajstić information content (AvgIpc) is 2.49. The van der Waals surface area contributed by atoms with Crippen molar-refractivity contribution in [2.45, 2.75) is 50.4 Å². The third-order valence-corrected chi connectivity index (χ3v) is 5.54. The van der Waals surface area contributed by atoms with E-state index < -0.39 is 0 Å². The van der Waals surface area contributed by atoms with Crippen molar-refractivity contribution in [3.63, 3.8) is 0 Å². The predicted octanol–water partition coefficient (Wildman–Crippen LogP) is 2.48. The molecule has 104 valence electrons. The Labute approximate surface area is 114 Å². The molecule has 3 fully saturated rings. The van der Waals surface area contributed by atoms with Gasteiger partial charge in [-0.05, 0) is 49.5 Å². The van der Waals surface area contributed by atoms with Crippen molar-refractivity contribution >= 4 is 11.8 Å². The molecule has 3 nitrogen and oxygen atoms in total. The third kappa shape index (κ3) is 3.21. The van der Waals surface area contributed by atoms with E-state index in [2.05, 4.69) is 11.8 Å². The molecule has 0 aromatic rings. The van der Waals surface area contributed by atoms with Crippen LogP contribution in [0, 0.1) is 5.92 Å². The Bertz CT molecular complexity index is 215. The minimum absolute atomic E-state index is 0.179. The molecule has 0 bridgehead atoms. The summed E-state index contributed by atoms with van der Waals surface area (Å²) in [7, 11) is 0. The molecule has 0 saturated carbocycles. The third-order valence-electron chi connectivity index (χ3n) is 4.30. The summed E-state index contributed by atoms with van der Waals surface area (Å²) in [6.07, 6.45) is 7.04. The Morgan fingerprint density at radius 1 is 0.778 bits per heavy atom. The van der Waals surface area contributed by atoms with Gasteiger partial charge in [-0.2, -0.15) is 11.8 Å². The Balaban J connectivity index is 1.45. The molecule has 0 aromatic heterocycles. The van der Waals surface area contributed by atoms with E-state index in [1.807, 2.05) is 0 Å². The molecule has 3 saturated heterocycles. The molecule has 0 amide bonds. The molecule has 3 aliphatic rings. The molecule has 0 N–H and O–H groups in total. The van der Waals surface area contributed by atoms with E-state index in [9.17, 15) is 0 Å². The number of rotatable bonds is 2. The van der Waals surface area contributed by atoms with Gasteiger partial charge in [0.1, 0.15) is 6.10 Å². The predicted molar refractivity (Wildman–Crippen MR) is 73.1 cm³/mol. The summed E-state index contributed by atoms with van der Waals surface area (Å²) < 4.78 is 17.9. The first-order valence-electron chi connectivity index (χ1n) is 7.36. The fourth-order valence-corrected chi connectivity index (χ4v) is 4.36. The van der Waals surface area contributed by atoms with E-state index in [0.29, 0.717) is 12.0 Å². The van der Waals surface area contributed by atoms with E-state index in [4.69, 9.17) is 14.2 Å². The Hall–Kier alpha value is 0.230. The zero-order valence-corrected chi connectivity index (χ0v) is 11.8. The van der Waals surface area contributed by atoms with Crippen LogP contribution in [0.25, 0.3) is 0 Å². The second-order valence-electron chi connectivity index (χ2n) is 5.63. The van der Waals surface area contributed by atoms with Gasteiger partial charge in [-0.15, -0.1) is 0 Å². The van der Waals surface area contributed by atoms with Gasteiger partial charge < -0.3 is 14.2 Å². The van der Waals surface area contributed by atoms with Crippen molar-refractivity contribution in [3.8, 4) is 0 Å². The van der Waals surface area contributed by atoms with E-state index >= 15 is 0 Å². The summed E-state index contributed by atoms with van der Waals surface area (Å²) in [6, 6.07) is 0. The number of hydrogen-bond acceptors (Lipinski definition) is 4. The maximum Gasteiger partial charge on any atom is 0.107 e. The SMILES string of the molecule is C1CCC(C2COC(C3CCCSC3)CO2)OC1. The summed E-state index contributed by atoms with van der Waals surface area (Å²) >= 11 is 2.07. The van der Waals surface area contributed by atoms with Crippen LogP contribution in [0.2, 0.25) is 0 Å². The van der Waals surface area contributed by atoms with Crippen molar-refractivity contribution in [2.24, 2.45) is 5.92 Å². The van der Waals surface area contributed by atoms with Crippen LogP contribution < -0.4 is 0 Å². The molecule has 3 rings (SSSR count). The standard InChI is InChI=1S/C14H24O3S/c1-2-6-15-12(5-1)14-9-16-13(8-17-14)11-4-3-7-18-10-11/h11-14H,1-10H2. The van der Waals surface area contributed by atoms with Gasteiger partial charge in [-0.25, -0.2) is 0 Å². The van der Waals surface area contributed by atoms with E-state index in [0.717, 1.165) is 26.2 Å². The Morgan fingerprint density at radius 2 is 1.67 bits per heavy atom. The largest absolute Gasteiger partial charge is 0.375 e. The van der Waals surface area contributed by atoms with Gasteiger partial charge in [-0.3, -0.25) is 0 Å². The van der Waals surface area contributed by atoms with Crippen LogP contribution >= 0.6 is 11.8 Å². The van der Waals surface area contributed by atoms with Gasteiger partial charge in [0, 0.05) is 6.61 Å². The lowest BCUT2D eigenvalue weighted by Crippen LogP contribution is -2.47. The first kappa shape index (κ1) is 13.2. The minimum Gasteiger partial charge on any atom is -0.375 e. The van der Waals surface area contributed by atoms with Crippen molar-refractivity contribution in [1.29, 1.82) is 0 Å². The second kappa shape index (κ2) is 6.60. The molecule has 4 unspecified atom stereocenters. The van der Waals surface area contributed by atoms with Crippen LogP contribution in [0.3, 0.4) is 0 Å². The first-order valence-corrected chi connectivity index (χ1v) is 8.51. The number of thioether (sulfide) groups is 1. The van der Waals surface area contributed by atoms with Crippen molar-refractivity contribution in [3.05, 3.63) is 0 Å². The summed E-state index contributed by atoms with van der Waals surface area (Å²) in [6.45, 7) is 2.40. The van der Waals surface area contributed by atoms with Gasteiger partial charge >= 0.3 is 0 Å². The smallest absolute Gasteiger partial charge is 0.107 e. The van der Waals surface area contributed by atoms with Crippen LogP contribution in [0.1, 0.15) is 32.1 Å². The van der Waals surface area contributed by atoms with Gasteiger partial charge in [0.05, 0.1) is 25.4 Å². The lowest BCUT2D eigenvalue weighted by Gasteiger charge is -2.39. The van der Waals surface area contributed by atoms with Gasteiger partial charge in [-0.1, -0.05) is 0 Å². The van der Waals surface area contributed by atoms with Gasteiger partial charge in [0.15, 0.2) is 0 Å². The molecule has 3 aliphatic heterocycles. The average molecular weight is 272 g/mol. The van der Waals surface area contributed by atoms with Crippen LogP contribution in [-0.4, -0.2) is 49.6 Å². The topological polar surface area (TPSA) is 27.7 Å². The lowest BCUT2D eigenvalue weighted by molar-refractivity contribution is -0.192. The fourth-order valence-electron chi connectivity index (χ4n) is 3.14. The van der Waals surface area contributed by atoms with Crippen LogP contribution in [0.4, 0.5) is 0 Å². The van der Waals surface area contributed by atoms with E-state index in [1.165, 1.54) is 37.2 Å². The van der Waals surface area contributed by atoms with E-state index in [1.54, 1.807) is 0 Å². The quantitative estimate of drug-likeness (QED) is 0.772. The van der Waals surface area contributed by atoms with Crippen LogP contribution in [0.15, 0.2) is 0 Å². The highest BCUT2D eigenvalue weighted by Gasteiger charge is 2.34. The van der Waals surface area contributed by atoms with Gasteiger partial charge in [0.25, 0.3) is 0 Å². The Kier molecular flexibility index (Phi) is 4.85. The molecule has 4 heteroatoms. The maximum atomic E-state index is 6.06. The molecule has 0 aliphatic carbocycles. The summed E-state index contributed by atoms with van der Waals surface area (Å²) in [5, 5.41) is 0. The zero-order chi connectivity index (χ0) is 12.2.